The summed E-state index contributed by atoms with van der Waals surface area (Å²) in [7, 11) is -3.15. The van der Waals surface area contributed by atoms with Gasteiger partial charge in [0.15, 0.2) is 15.8 Å². The second kappa shape index (κ2) is 12.0. The maximum absolute atomic E-state index is 12.2. The van der Waals surface area contributed by atoms with Crippen molar-refractivity contribution < 1.29 is 8.42 Å². The van der Waals surface area contributed by atoms with Gasteiger partial charge in [-0.15, -0.1) is 24.0 Å². The molecule has 166 valence electrons. The number of nitrogens with zero attached hydrogens (tertiary/aromatic N) is 3. The lowest BCUT2D eigenvalue weighted by Crippen LogP contribution is -2.48. The van der Waals surface area contributed by atoms with Crippen molar-refractivity contribution in [1.29, 1.82) is 0 Å². The monoisotopic (exact) mass is 537 g/mol. The van der Waals surface area contributed by atoms with Gasteiger partial charge in [-0.1, -0.05) is 6.07 Å². The second-order valence-corrected chi connectivity index (χ2v) is 11.1. The molecule has 0 atom stereocenters. The van der Waals surface area contributed by atoms with Gasteiger partial charge >= 0.3 is 0 Å². The minimum absolute atomic E-state index is 0. The number of guanidine groups is 1. The van der Waals surface area contributed by atoms with Crippen molar-refractivity contribution in [3.05, 3.63) is 30.1 Å². The summed E-state index contributed by atoms with van der Waals surface area (Å²) in [5.74, 6) is 0.769. The molecule has 0 aromatic carbocycles. The van der Waals surface area contributed by atoms with Crippen LogP contribution in [0.4, 0.5) is 0 Å². The largest absolute Gasteiger partial charge is 0.357 e. The van der Waals surface area contributed by atoms with Gasteiger partial charge in [0.05, 0.1) is 22.7 Å². The molecule has 1 aromatic rings. The lowest BCUT2D eigenvalue weighted by atomic mass is 10.0. The molecule has 1 saturated heterocycles. The summed E-state index contributed by atoms with van der Waals surface area (Å²) in [6, 6.07) is 6.37. The molecule has 0 amide bonds. The number of hydrogen-bond acceptors (Lipinski definition) is 5. The van der Waals surface area contributed by atoms with Crippen molar-refractivity contribution in [1.82, 2.24) is 20.5 Å². The van der Waals surface area contributed by atoms with Crippen LogP contribution >= 0.6 is 24.0 Å². The SMILES string of the molecule is CCNC(=NCCS(=O)(=O)C(C)(C)C)NC1CCN(Cc2ccccn2)CC1.I. The maximum atomic E-state index is 12.2. The number of aliphatic imine (C=N–C) groups is 1. The fourth-order valence-corrected chi connectivity index (χ4v) is 4.00. The predicted molar refractivity (Wildman–Crippen MR) is 131 cm³/mol. The molecule has 2 rings (SSSR count). The highest BCUT2D eigenvalue weighted by Crippen LogP contribution is 2.16. The Kier molecular flexibility index (Phi) is 10.8. The molecule has 0 spiro atoms. The molecule has 0 aliphatic carbocycles. The van der Waals surface area contributed by atoms with Gasteiger partial charge in [-0.3, -0.25) is 14.9 Å². The van der Waals surface area contributed by atoms with Gasteiger partial charge in [0.2, 0.25) is 0 Å². The zero-order valence-electron chi connectivity index (χ0n) is 18.0. The first-order chi connectivity index (χ1) is 13.2. The Bertz CT molecular complexity index is 727. The Labute approximate surface area is 193 Å². The first kappa shape index (κ1) is 26.1. The van der Waals surface area contributed by atoms with Gasteiger partial charge < -0.3 is 10.6 Å². The van der Waals surface area contributed by atoms with E-state index in [4.69, 9.17) is 0 Å². The van der Waals surface area contributed by atoms with Crippen LogP contribution in [0.3, 0.4) is 0 Å². The van der Waals surface area contributed by atoms with Gasteiger partial charge in [0, 0.05) is 38.4 Å². The van der Waals surface area contributed by atoms with Crippen molar-refractivity contribution in [2.45, 2.75) is 57.9 Å². The number of pyridine rings is 1. The van der Waals surface area contributed by atoms with Crippen LogP contribution in [0.25, 0.3) is 0 Å². The topological polar surface area (TPSA) is 86.7 Å². The van der Waals surface area contributed by atoms with E-state index < -0.39 is 14.6 Å². The molecule has 29 heavy (non-hydrogen) atoms. The third-order valence-corrected chi connectivity index (χ3v) is 7.53. The molecule has 1 aliphatic heterocycles. The van der Waals surface area contributed by atoms with Crippen LogP contribution in [0.1, 0.15) is 46.2 Å². The lowest BCUT2D eigenvalue weighted by Gasteiger charge is -2.32. The molecule has 1 fully saturated rings. The lowest BCUT2D eigenvalue weighted by molar-refractivity contribution is 0.196. The van der Waals surface area contributed by atoms with Crippen LogP contribution in [-0.4, -0.2) is 67.0 Å². The Hall–Kier alpha value is -0.940. The third-order valence-electron chi connectivity index (χ3n) is 4.95. The molecule has 9 heteroatoms. The van der Waals surface area contributed by atoms with Gasteiger partial charge in [-0.25, -0.2) is 8.42 Å². The van der Waals surface area contributed by atoms with Crippen molar-refractivity contribution >= 4 is 39.8 Å². The third kappa shape index (κ3) is 8.75. The Morgan fingerprint density at radius 3 is 2.52 bits per heavy atom. The van der Waals surface area contributed by atoms with Crippen LogP contribution in [0.15, 0.2) is 29.4 Å². The van der Waals surface area contributed by atoms with Crippen LogP contribution < -0.4 is 10.6 Å². The number of aromatic nitrogens is 1. The van der Waals surface area contributed by atoms with Crippen molar-refractivity contribution in [2.24, 2.45) is 4.99 Å². The Morgan fingerprint density at radius 1 is 1.28 bits per heavy atom. The van der Waals surface area contributed by atoms with E-state index in [1.807, 2.05) is 25.3 Å². The Balaban J connectivity index is 0.00000420. The number of piperidine rings is 1. The van der Waals surface area contributed by atoms with Crippen molar-refractivity contribution in [2.75, 3.05) is 31.9 Å². The molecule has 0 bridgehead atoms. The molecule has 0 radical (unpaired) electrons. The maximum Gasteiger partial charge on any atom is 0.191 e. The summed E-state index contributed by atoms with van der Waals surface area (Å²) in [6.45, 7) is 11.1. The minimum atomic E-state index is -3.15. The van der Waals surface area contributed by atoms with Gasteiger partial charge in [-0.2, -0.15) is 0 Å². The van der Waals surface area contributed by atoms with Crippen molar-refractivity contribution in [3.63, 3.8) is 0 Å². The standard InChI is InChI=1S/C20H35N5O2S.HI/c1-5-21-19(23-12-15-28(26,27)20(2,3)4)24-17-9-13-25(14-10-17)16-18-8-6-7-11-22-18;/h6-8,11,17H,5,9-10,12-16H2,1-4H3,(H2,21,23,24);1H. The smallest absolute Gasteiger partial charge is 0.191 e. The number of rotatable bonds is 7. The highest BCUT2D eigenvalue weighted by atomic mass is 127. The number of halogens is 1. The summed E-state index contributed by atoms with van der Waals surface area (Å²) in [6.07, 6.45) is 3.89. The molecule has 0 saturated carbocycles. The zero-order chi connectivity index (χ0) is 20.6. The van der Waals surface area contributed by atoms with Gasteiger partial charge in [0.25, 0.3) is 0 Å². The fourth-order valence-electron chi connectivity index (χ4n) is 3.05. The van der Waals surface area contributed by atoms with Crippen molar-refractivity contribution in [3.8, 4) is 0 Å². The number of likely N-dealkylation sites (tertiary alicyclic amines) is 1. The van der Waals surface area contributed by atoms with Gasteiger partial charge in [-0.05, 0) is 52.7 Å². The molecule has 7 nitrogen and oxygen atoms in total. The van der Waals surface area contributed by atoms with E-state index in [2.05, 4.69) is 31.6 Å². The van der Waals surface area contributed by atoms with E-state index in [0.29, 0.717) is 12.0 Å². The first-order valence-corrected chi connectivity index (χ1v) is 11.8. The predicted octanol–water partition coefficient (Wildman–Crippen LogP) is 2.43. The van der Waals surface area contributed by atoms with E-state index in [0.717, 1.165) is 44.7 Å². The van der Waals surface area contributed by atoms with Crippen LogP contribution in [0.5, 0.6) is 0 Å². The molecule has 1 aliphatic rings. The van der Waals surface area contributed by atoms with Crippen LogP contribution in [0, 0.1) is 0 Å². The number of sulfone groups is 1. The van der Waals surface area contributed by atoms with Crippen LogP contribution in [-0.2, 0) is 16.4 Å². The average molecular weight is 538 g/mol. The van der Waals surface area contributed by atoms with E-state index >= 15 is 0 Å². The van der Waals surface area contributed by atoms with E-state index in [9.17, 15) is 8.42 Å². The summed E-state index contributed by atoms with van der Waals surface area (Å²) in [5, 5.41) is 6.69. The van der Waals surface area contributed by atoms with E-state index in [-0.39, 0.29) is 36.3 Å². The normalized spacial score (nSPS) is 16.9. The summed E-state index contributed by atoms with van der Waals surface area (Å²) < 4.78 is 23.8. The first-order valence-electron chi connectivity index (χ1n) is 10.1. The fraction of sp³-hybridized carbons (Fsp3) is 0.700. The Morgan fingerprint density at radius 2 is 1.97 bits per heavy atom. The minimum Gasteiger partial charge on any atom is -0.357 e. The number of hydrogen-bond donors (Lipinski definition) is 2. The van der Waals surface area contributed by atoms with Crippen LogP contribution in [0.2, 0.25) is 0 Å². The summed E-state index contributed by atoms with van der Waals surface area (Å²) in [4.78, 5) is 11.3. The summed E-state index contributed by atoms with van der Waals surface area (Å²) in [5.41, 5.74) is 1.10. The number of nitrogens with one attached hydrogen (secondary N) is 2. The molecule has 0 unspecified atom stereocenters. The van der Waals surface area contributed by atoms with E-state index in [1.165, 1.54) is 0 Å². The highest BCUT2D eigenvalue weighted by Gasteiger charge is 2.28. The quantitative estimate of drug-likeness (QED) is 0.316. The summed E-state index contributed by atoms with van der Waals surface area (Å²) >= 11 is 0. The molecule has 2 heterocycles. The zero-order valence-corrected chi connectivity index (χ0v) is 21.2. The molecular weight excluding hydrogens is 501 g/mol. The second-order valence-electron chi connectivity index (χ2n) is 8.21. The molecular formula is C20H36IN5O2S. The van der Waals surface area contributed by atoms with Gasteiger partial charge in [0.1, 0.15) is 0 Å². The molecule has 1 aromatic heterocycles. The molecule has 2 N–H and O–H groups in total. The van der Waals surface area contributed by atoms with E-state index in [1.54, 1.807) is 20.8 Å². The average Bonchev–Trinajstić information content (AvgIpc) is 2.63. The highest BCUT2D eigenvalue weighted by molar-refractivity contribution is 14.0.